The summed E-state index contributed by atoms with van der Waals surface area (Å²) in [6.07, 6.45) is 0. The van der Waals surface area contributed by atoms with Gasteiger partial charge in [-0.3, -0.25) is 4.79 Å². The SMILES string of the molecule is Cc1c(F)cc(C#N)cc1NC(=O)c1cc(Cl)nnc1Cl. The summed E-state index contributed by atoms with van der Waals surface area (Å²) < 4.78 is 13.7. The third-order valence-electron chi connectivity index (χ3n) is 2.69. The second-order valence-electron chi connectivity index (χ2n) is 4.07. The highest BCUT2D eigenvalue weighted by atomic mass is 35.5. The molecular formula is C13H7Cl2FN4O. The van der Waals surface area contributed by atoms with Gasteiger partial charge in [0.05, 0.1) is 17.2 Å². The number of aromatic nitrogens is 2. The number of nitrogens with one attached hydrogen (secondary N) is 1. The summed E-state index contributed by atoms with van der Waals surface area (Å²) in [5, 5.41) is 18.2. The topological polar surface area (TPSA) is 78.7 Å². The Labute approximate surface area is 129 Å². The van der Waals surface area contributed by atoms with Gasteiger partial charge in [-0.15, -0.1) is 10.2 Å². The Morgan fingerprint density at radius 2 is 2.05 bits per heavy atom. The Hall–Kier alpha value is -2.23. The smallest absolute Gasteiger partial charge is 0.258 e. The quantitative estimate of drug-likeness (QED) is 0.918. The van der Waals surface area contributed by atoms with Crippen molar-refractivity contribution in [2.45, 2.75) is 6.92 Å². The minimum atomic E-state index is -0.630. The van der Waals surface area contributed by atoms with E-state index in [4.69, 9.17) is 28.5 Å². The molecule has 21 heavy (non-hydrogen) atoms. The van der Waals surface area contributed by atoms with Gasteiger partial charge in [-0.1, -0.05) is 23.2 Å². The predicted molar refractivity (Wildman–Crippen MR) is 75.9 cm³/mol. The van der Waals surface area contributed by atoms with Crippen LogP contribution in [0.1, 0.15) is 21.5 Å². The highest BCUT2D eigenvalue weighted by Crippen LogP contribution is 2.23. The summed E-state index contributed by atoms with van der Waals surface area (Å²) in [5.74, 6) is -1.23. The third kappa shape index (κ3) is 3.27. The zero-order valence-corrected chi connectivity index (χ0v) is 12.1. The van der Waals surface area contributed by atoms with Gasteiger partial charge < -0.3 is 5.32 Å². The van der Waals surface area contributed by atoms with Crippen LogP contribution in [-0.2, 0) is 0 Å². The molecule has 1 amide bonds. The molecule has 1 aromatic heterocycles. The van der Waals surface area contributed by atoms with Gasteiger partial charge in [0, 0.05) is 11.3 Å². The molecule has 5 nitrogen and oxygen atoms in total. The van der Waals surface area contributed by atoms with E-state index in [9.17, 15) is 9.18 Å². The van der Waals surface area contributed by atoms with E-state index < -0.39 is 11.7 Å². The number of halogens is 3. The number of carbonyl (C=O) groups is 1. The molecule has 0 fully saturated rings. The Morgan fingerprint density at radius 1 is 1.33 bits per heavy atom. The van der Waals surface area contributed by atoms with Gasteiger partial charge >= 0.3 is 0 Å². The highest BCUT2D eigenvalue weighted by Gasteiger charge is 2.16. The molecule has 1 N–H and O–H groups in total. The van der Waals surface area contributed by atoms with Gasteiger partial charge in [0.15, 0.2) is 10.3 Å². The first-order chi connectivity index (χ1) is 9.92. The predicted octanol–water partition coefficient (Wildman–Crippen LogP) is 3.35. The number of rotatable bonds is 2. The Bertz CT molecular complexity index is 773. The van der Waals surface area contributed by atoms with Gasteiger partial charge in [0.2, 0.25) is 0 Å². The van der Waals surface area contributed by atoms with Crippen molar-refractivity contribution in [1.82, 2.24) is 10.2 Å². The van der Waals surface area contributed by atoms with E-state index in [1.165, 1.54) is 19.1 Å². The number of hydrogen-bond donors (Lipinski definition) is 1. The highest BCUT2D eigenvalue weighted by molar-refractivity contribution is 6.34. The number of carbonyl (C=O) groups excluding carboxylic acids is 1. The molecule has 2 rings (SSSR count). The van der Waals surface area contributed by atoms with Crippen molar-refractivity contribution < 1.29 is 9.18 Å². The lowest BCUT2D eigenvalue weighted by molar-refractivity contribution is 0.102. The van der Waals surface area contributed by atoms with Crippen molar-refractivity contribution in [2.75, 3.05) is 5.32 Å². The van der Waals surface area contributed by atoms with Crippen LogP contribution in [-0.4, -0.2) is 16.1 Å². The zero-order valence-electron chi connectivity index (χ0n) is 10.6. The molecule has 2 aromatic rings. The maximum absolute atomic E-state index is 13.7. The Balaban J connectivity index is 2.38. The minimum Gasteiger partial charge on any atom is -0.321 e. The molecule has 0 spiro atoms. The molecule has 0 radical (unpaired) electrons. The largest absolute Gasteiger partial charge is 0.321 e. The van der Waals surface area contributed by atoms with Crippen LogP contribution in [0.4, 0.5) is 10.1 Å². The lowest BCUT2D eigenvalue weighted by atomic mass is 10.1. The second-order valence-corrected chi connectivity index (χ2v) is 4.81. The summed E-state index contributed by atoms with van der Waals surface area (Å²) in [6.45, 7) is 1.48. The van der Waals surface area contributed by atoms with Crippen molar-refractivity contribution in [3.8, 4) is 6.07 Å². The number of nitriles is 1. The van der Waals surface area contributed by atoms with Crippen LogP contribution in [0.15, 0.2) is 18.2 Å². The average Bonchev–Trinajstić information content (AvgIpc) is 2.46. The van der Waals surface area contributed by atoms with E-state index >= 15 is 0 Å². The lowest BCUT2D eigenvalue weighted by Crippen LogP contribution is -2.15. The molecule has 0 atom stereocenters. The summed E-state index contributed by atoms with van der Waals surface area (Å²) >= 11 is 11.4. The zero-order chi connectivity index (χ0) is 15.6. The van der Waals surface area contributed by atoms with Gasteiger partial charge in [-0.05, 0) is 25.1 Å². The fourth-order valence-electron chi connectivity index (χ4n) is 1.58. The Morgan fingerprint density at radius 3 is 2.71 bits per heavy atom. The lowest BCUT2D eigenvalue weighted by Gasteiger charge is -2.10. The summed E-state index contributed by atoms with van der Waals surface area (Å²) in [6, 6.07) is 5.50. The molecule has 0 aliphatic carbocycles. The Kier molecular flexibility index (Phi) is 4.36. The van der Waals surface area contributed by atoms with E-state index in [-0.39, 0.29) is 32.7 Å². The summed E-state index contributed by atoms with van der Waals surface area (Å²) in [4.78, 5) is 12.1. The van der Waals surface area contributed by atoms with Gasteiger partial charge in [0.1, 0.15) is 5.82 Å². The van der Waals surface area contributed by atoms with Crippen molar-refractivity contribution in [3.63, 3.8) is 0 Å². The number of anilines is 1. The first-order valence-corrected chi connectivity index (χ1v) is 6.38. The maximum atomic E-state index is 13.7. The van der Waals surface area contributed by atoms with E-state index in [1.807, 2.05) is 6.07 Å². The number of hydrogen-bond acceptors (Lipinski definition) is 4. The number of benzene rings is 1. The number of amides is 1. The monoisotopic (exact) mass is 324 g/mol. The molecule has 0 unspecified atom stereocenters. The van der Waals surface area contributed by atoms with Gasteiger partial charge in [-0.2, -0.15) is 5.26 Å². The van der Waals surface area contributed by atoms with E-state index in [0.29, 0.717) is 0 Å². The van der Waals surface area contributed by atoms with E-state index in [1.54, 1.807) is 0 Å². The molecule has 0 bridgehead atoms. The van der Waals surface area contributed by atoms with E-state index in [0.717, 1.165) is 6.07 Å². The van der Waals surface area contributed by atoms with Gasteiger partial charge in [-0.25, -0.2) is 4.39 Å². The van der Waals surface area contributed by atoms with Crippen LogP contribution in [0.2, 0.25) is 10.3 Å². The van der Waals surface area contributed by atoms with Crippen molar-refractivity contribution >= 4 is 34.8 Å². The maximum Gasteiger partial charge on any atom is 0.258 e. The summed E-state index contributed by atoms with van der Waals surface area (Å²) in [7, 11) is 0. The average molecular weight is 325 g/mol. The fraction of sp³-hybridized carbons (Fsp3) is 0.0769. The van der Waals surface area contributed by atoms with Crippen LogP contribution >= 0.6 is 23.2 Å². The first-order valence-electron chi connectivity index (χ1n) is 5.62. The molecule has 106 valence electrons. The molecule has 1 heterocycles. The molecule has 0 saturated heterocycles. The van der Waals surface area contributed by atoms with E-state index in [2.05, 4.69) is 15.5 Å². The third-order valence-corrected chi connectivity index (χ3v) is 3.15. The van der Waals surface area contributed by atoms with Crippen molar-refractivity contribution in [1.29, 1.82) is 5.26 Å². The minimum absolute atomic E-state index is 0.00108. The van der Waals surface area contributed by atoms with Crippen molar-refractivity contribution in [3.05, 3.63) is 51.0 Å². The van der Waals surface area contributed by atoms with Crippen LogP contribution in [0.3, 0.4) is 0 Å². The van der Waals surface area contributed by atoms with Crippen LogP contribution in [0.25, 0.3) is 0 Å². The van der Waals surface area contributed by atoms with Crippen LogP contribution < -0.4 is 5.32 Å². The molecular weight excluding hydrogens is 318 g/mol. The van der Waals surface area contributed by atoms with Crippen LogP contribution in [0.5, 0.6) is 0 Å². The standard InChI is InChI=1S/C13H7Cl2FN4O/c1-6-9(16)2-7(5-17)3-10(6)18-13(21)8-4-11(14)19-20-12(8)15/h2-4H,1H3,(H,18,21). The second kappa shape index (κ2) is 6.04. The molecule has 8 heteroatoms. The normalized spacial score (nSPS) is 10.0. The van der Waals surface area contributed by atoms with Crippen molar-refractivity contribution in [2.24, 2.45) is 0 Å². The summed E-state index contributed by atoms with van der Waals surface area (Å²) in [5.41, 5.74) is 0.455. The van der Waals surface area contributed by atoms with Gasteiger partial charge in [0.25, 0.3) is 5.91 Å². The fourth-order valence-corrected chi connectivity index (χ4v) is 1.90. The van der Waals surface area contributed by atoms with Crippen LogP contribution in [0, 0.1) is 24.1 Å². The molecule has 0 aliphatic rings. The molecule has 0 aliphatic heterocycles. The first kappa shape index (κ1) is 15.2. The number of nitrogens with zero attached hydrogens (tertiary/aromatic N) is 3. The molecule has 1 aromatic carbocycles. The molecule has 0 saturated carbocycles.